The standard InChI is InChI=1S/C14H17N3O2/c1-18-12-3-2-4-13(5-12)19-14-8-16-17(10-14)9-11-6-15-7-11/h2-5,8,10-11,15H,6-7,9H2,1H3. The molecule has 0 spiro atoms. The first kappa shape index (κ1) is 12.0. The topological polar surface area (TPSA) is 48.3 Å². The van der Waals surface area contributed by atoms with Crippen LogP contribution >= 0.6 is 0 Å². The van der Waals surface area contributed by atoms with Gasteiger partial charge in [0.2, 0.25) is 0 Å². The predicted molar refractivity (Wildman–Crippen MR) is 71.7 cm³/mol. The van der Waals surface area contributed by atoms with Crippen molar-refractivity contribution in [3.05, 3.63) is 36.7 Å². The first-order chi connectivity index (χ1) is 9.33. The predicted octanol–water partition coefficient (Wildman–Crippen LogP) is 1.90. The van der Waals surface area contributed by atoms with Gasteiger partial charge in [-0.05, 0) is 12.1 Å². The Morgan fingerprint density at radius 3 is 2.89 bits per heavy atom. The number of benzene rings is 1. The van der Waals surface area contributed by atoms with Gasteiger partial charge in [0.1, 0.15) is 11.5 Å². The molecule has 0 saturated carbocycles. The maximum Gasteiger partial charge on any atom is 0.165 e. The fourth-order valence-electron chi connectivity index (χ4n) is 2.04. The highest BCUT2D eigenvalue weighted by Crippen LogP contribution is 2.24. The molecule has 1 aromatic heterocycles. The third-order valence-electron chi connectivity index (χ3n) is 3.20. The van der Waals surface area contributed by atoms with Gasteiger partial charge in [-0.3, -0.25) is 4.68 Å². The highest BCUT2D eigenvalue weighted by molar-refractivity contribution is 5.35. The summed E-state index contributed by atoms with van der Waals surface area (Å²) in [5.74, 6) is 2.97. The van der Waals surface area contributed by atoms with Gasteiger partial charge in [-0.25, -0.2) is 0 Å². The van der Waals surface area contributed by atoms with Crippen molar-refractivity contribution >= 4 is 0 Å². The van der Waals surface area contributed by atoms with E-state index in [1.54, 1.807) is 13.3 Å². The van der Waals surface area contributed by atoms with Crippen molar-refractivity contribution in [3.8, 4) is 17.2 Å². The lowest BCUT2D eigenvalue weighted by atomic mass is 10.0. The summed E-state index contributed by atoms with van der Waals surface area (Å²) in [5, 5.41) is 7.56. The van der Waals surface area contributed by atoms with Crippen molar-refractivity contribution in [2.24, 2.45) is 5.92 Å². The van der Waals surface area contributed by atoms with E-state index < -0.39 is 0 Å². The van der Waals surface area contributed by atoms with Gasteiger partial charge >= 0.3 is 0 Å². The summed E-state index contributed by atoms with van der Waals surface area (Å²) in [6.07, 6.45) is 3.67. The minimum Gasteiger partial charge on any atom is -0.497 e. The molecule has 19 heavy (non-hydrogen) atoms. The lowest BCUT2D eigenvalue weighted by Crippen LogP contribution is -2.44. The van der Waals surface area contributed by atoms with E-state index in [-0.39, 0.29) is 0 Å². The van der Waals surface area contributed by atoms with Gasteiger partial charge < -0.3 is 14.8 Å². The molecule has 2 heterocycles. The number of hydrogen-bond donors (Lipinski definition) is 1. The number of methoxy groups -OCH3 is 1. The van der Waals surface area contributed by atoms with Crippen LogP contribution in [0.2, 0.25) is 0 Å². The highest BCUT2D eigenvalue weighted by Gasteiger charge is 2.17. The summed E-state index contributed by atoms with van der Waals surface area (Å²) in [7, 11) is 1.64. The molecule has 5 nitrogen and oxygen atoms in total. The van der Waals surface area contributed by atoms with Crippen molar-refractivity contribution in [2.75, 3.05) is 20.2 Å². The van der Waals surface area contributed by atoms with Crippen molar-refractivity contribution in [1.29, 1.82) is 0 Å². The Morgan fingerprint density at radius 1 is 1.32 bits per heavy atom. The lowest BCUT2D eigenvalue weighted by molar-refractivity contribution is 0.295. The van der Waals surface area contributed by atoms with E-state index in [9.17, 15) is 0 Å². The molecule has 0 aliphatic carbocycles. The van der Waals surface area contributed by atoms with Crippen molar-refractivity contribution < 1.29 is 9.47 Å². The van der Waals surface area contributed by atoms with Gasteiger partial charge in [0.15, 0.2) is 5.75 Å². The van der Waals surface area contributed by atoms with Crippen molar-refractivity contribution in [2.45, 2.75) is 6.54 Å². The maximum absolute atomic E-state index is 5.76. The summed E-state index contributed by atoms with van der Waals surface area (Å²) in [4.78, 5) is 0. The number of nitrogens with one attached hydrogen (secondary N) is 1. The van der Waals surface area contributed by atoms with Crippen LogP contribution in [-0.2, 0) is 6.54 Å². The van der Waals surface area contributed by atoms with E-state index in [2.05, 4.69) is 10.4 Å². The Balaban J connectivity index is 1.65. The largest absolute Gasteiger partial charge is 0.497 e. The number of nitrogens with zero attached hydrogens (tertiary/aromatic N) is 2. The van der Waals surface area contributed by atoms with E-state index in [0.29, 0.717) is 5.92 Å². The zero-order valence-electron chi connectivity index (χ0n) is 10.9. The molecule has 1 aliphatic rings. The molecule has 1 aliphatic heterocycles. The summed E-state index contributed by atoms with van der Waals surface area (Å²) in [5.41, 5.74) is 0. The van der Waals surface area contributed by atoms with Crippen LogP contribution in [0.3, 0.4) is 0 Å². The highest BCUT2D eigenvalue weighted by atomic mass is 16.5. The fourth-order valence-corrected chi connectivity index (χ4v) is 2.04. The first-order valence-electron chi connectivity index (χ1n) is 6.38. The van der Waals surface area contributed by atoms with Gasteiger partial charge in [0, 0.05) is 31.6 Å². The average Bonchev–Trinajstić information content (AvgIpc) is 2.82. The number of aromatic nitrogens is 2. The lowest BCUT2D eigenvalue weighted by Gasteiger charge is -2.26. The van der Waals surface area contributed by atoms with Crippen LogP contribution < -0.4 is 14.8 Å². The fraction of sp³-hybridized carbons (Fsp3) is 0.357. The molecule has 0 unspecified atom stereocenters. The second kappa shape index (κ2) is 5.32. The second-order valence-corrected chi connectivity index (χ2v) is 4.70. The van der Waals surface area contributed by atoms with E-state index in [1.807, 2.05) is 35.1 Å². The molecule has 1 aromatic carbocycles. The van der Waals surface area contributed by atoms with Crippen LogP contribution in [0, 0.1) is 5.92 Å². The molecule has 2 aromatic rings. The van der Waals surface area contributed by atoms with Crippen molar-refractivity contribution in [1.82, 2.24) is 15.1 Å². The second-order valence-electron chi connectivity index (χ2n) is 4.70. The molecule has 0 radical (unpaired) electrons. The van der Waals surface area contributed by atoms with Crippen LogP contribution in [0.5, 0.6) is 17.2 Å². The van der Waals surface area contributed by atoms with Crippen LogP contribution in [0.1, 0.15) is 0 Å². The molecule has 0 atom stereocenters. The molecular weight excluding hydrogens is 242 g/mol. The Labute approximate surface area is 112 Å². The SMILES string of the molecule is COc1cccc(Oc2cnn(CC3CNC3)c2)c1. The average molecular weight is 259 g/mol. The van der Waals surface area contributed by atoms with Gasteiger partial charge in [-0.2, -0.15) is 5.10 Å². The molecule has 100 valence electrons. The molecule has 0 bridgehead atoms. The maximum atomic E-state index is 5.76. The van der Waals surface area contributed by atoms with E-state index >= 15 is 0 Å². The normalized spacial score (nSPS) is 15.0. The van der Waals surface area contributed by atoms with Gasteiger partial charge in [-0.1, -0.05) is 6.07 Å². The van der Waals surface area contributed by atoms with Crippen LogP contribution in [0.25, 0.3) is 0 Å². The Hall–Kier alpha value is -2.01. The molecule has 5 heteroatoms. The van der Waals surface area contributed by atoms with Crippen molar-refractivity contribution in [3.63, 3.8) is 0 Å². The zero-order chi connectivity index (χ0) is 13.1. The third-order valence-corrected chi connectivity index (χ3v) is 3.20. The Kier molecular flexibility index (Phi) is 3.37. The van der Waals surface area contributed by atoms with Gasteiger partial charge in [-0.15, -0.1) is 0 Å². The van der Waals surface area contributed by atoms with Crippen LogP contribution in [-0.4, -0.2) is 30.0 Å². The van der Waals surface area contributed by atoms with Gasteiger partial charge in [0.05, 0.1) is 19.5 Å². The molecular formula is C14H17N3O2. The zero-order valence-corrected chi connectivity index (χ0v) is 10.9. The smallest absolute Gasteiger partial charge is 0.165 e. The number of hydrogen-bond acceptors (Lipinski definition) is 4. The monoisotopic (exact) mass is 259 g/mol. The summed E-state index contributed by atoms with van der Waals surface area (Å²) in [6, 6.07) is 7.54. The van der Waals surface area contributed by atoms with Gasteiger partial charge in [0.25, 0.3) is 0 Å². The van der Waals surface area contributed by atoms with E-state index in [1.165, 1.54) is 0 Å². The quantitative estimate of drug-likeness (QED) is 0.891. The summed E-state index contributed by atoms with van der Waals surface area (Å²) in [6.45, 7) is 3.09. The third kappa shape index (κ3) is 2.88. The molecule has 0 amide bonds. The summed E-state index contributed by atoms with van der Waals surface area (Å²) < 4.78 is 12.9. The minimum absolute atomic E-state index is 0.685. The summed E-state index contributed by atoms with van der Waals surface area (Å²) >= 11 is 0. The first-order valence-corrected chi connectivity index (χ1v) is 6.38. The molecule has 1 fully saturated rings. The minimum atomic E-state index is 0.685. The molecule has 1 N–H and O–H groups in total. The van der Waals surface area contributed by atoms with Crippen LogP contribution in [0.15, 0.2) is 36.7 Å². The Bertz CT molecular complexity index is 549. The van der Waals surface area contributed by atoms with E-state index in [0.717, 1.165) is 36.9 Å². The molecule has 1 saturated heterocycles. The Morgan fingerprint density at radius 2 is 2.16 bits per heavy atom. The van der Waals surface area contributed by atoms with E-state index in [4.69, 9.17) is 9.47 Å². The number of ether oxygens (including phenoxy) is 2. The number of rotatable bonds is 5. The van der Waals surface area contributed by atoms with Crippen LogP contribution in [0.4, 0.5) is 0 Å². The molecule has 3 rings (SSSR count).